The highest BCUT2D eigenvalue weighted by molar-refractivity contribution is 5.92. The summed E-state index contributed by atoms with van der Waals surface area (Å²) in [4.78, 5) is 30.9. The van der Waals surface area contributed by atoms with E-state index in [4.69, 9.17) is 9.15 Å². The second-order valence-corrected chi connectivity index (χ2v) is 5.76. The molecule has 0 aromatic carbocycles. The number of hydrogen-bond donors (Lipinski definition) is 0. The van der Waals surface area contributed by atoms with E-state index in [1.807, 2.05) is 11.6 Å². The highest BCUT2D eigenvalue weighted by Crippen LogP contribution is 2.24. The Balaban J connectivity index is 1.58. The fourth-order valence-electron chi connectivity index (χ4n) is 2.90. The van der Waals surface area contributed by atoms with Crippen LogP contribution in [-0.4, -0.2) is 48.0 Å². The predicted octanol–water partition coefficient (Wildman–Crippen LogP) is 0.844. The zero-order valence-electron chi connectivity index (χ0n) is 13.6. The summed E-state index contributed by atoms with van der Waals surface area (Å²) in [6, 6.07) is 1.82. The van der Waals surface area contributed by atoms with Gasteiger partial charge in [-0.1, -0.05) is 0 Å². The van der Waals surface area contributed by atoms with E-state index in [-0.39, 0.29) is 30.3 Å². The van der Waals surface area contributed by atoms with Crippen molar-refractivity contribution in [2.45, 2.75) is 19.0 Å². The summed E-state index contributed by atoms with van der Waals surface area (Å²) < 4.78 is 12.6. The molecule has 0 N–H and O–H groups in total. The number of amides is 1. The van der Waals surface area contributed by atoms with E-state index in [1.165, 1.54) is 12.7 Å². The summed E-state index contributed by atoms with van der Waals surface area (Å²) in [5.74, 6) is -0.215. The third-order valence-corrected chi connectivity index (χ3v) is 4.19. The molecule has 4 heterocycles. The first-order valence-corrected chi connectivity index (χ1v) is 7.80. The van der Waals surface area contributed by atoms with E-state index in [0.717, 1.165) is 11.4 Å². The monoisotopic (exact) mass is 340 g/mol. The van der Waals surface area contributed by atoms with E-state index in [1.54, 1.807) is 29.7 Å². The molecule has 0 aliphatic carbocycles. The van der Waals surface area contributed by atoms with Gasteiger partial charge in [0.1, 0.15) is 12.9 Å². The van der Waals surface area contributed by atoms with E-state index in [0.29, 0.717) is 13.0 Å². The molecule has 1 amide bonds. The van der Waals surface area contributed by atoms with Crippen LogP contribution in [0.25, 0.3) is 0 Å². The van der Waals surface area contributed by atoms with Crippen molar-refractivity contribution >= 4 is 5.91 Å². The number of fused-ring (bicyclic) bond motifs is 1. The van der Waals surface area contributed by atoms with E-state index in [9.17, 15) is 4.79 Å². The van der Waals surface area contributed by atoms with Gasteiger partial charge >= 0.3 is 6.01 Å². The molecule has 1 aliphatic heterocycles. The number of imidazole rings is 1. The summed E-state index contributed by atoms with van der Waals surface area (Å²) >= 11 is 0. The molecule has 3 aromatic rings. The molecule has 9 nitrogen and oxygen atoms in total. The van der Waals surface area contributed by atoms with Crippen LogP contribution in [0.5, 0.6) is 6.01 Å². The van der Waals surface area contributed by atoms with E-state index >= 15 is 0 Å². The topological polar surface area (TPSA) is 99.2 Å². The van der Waals surface area contributed by atoms with Gasteiger partial charge in [0.2, 0.25) is 0 Å². The second kappa shape index (κ2) is 6.34. The molecule has 9 heteroatoms. The molecule has 4 rings (SSSR count). The van der Waals surface area contributed by atoms with Gasteiger partial charge in [-0.2, -0.15) is 0 Å². The van der Waals surface area contributed by atoms with Crippen LogP contribution in [0.1, 0.15) is 21.9 Å². The van der Waals surface area contributed by atoms with Gasteiger partial charge in [-0.05, 0) is 6.07 Å². The van der Waals surface area contributed by atoms with Crippen molar-refractivity contribution in [3.63, 3.8) is 0 Å². The van der Waals surface area contributed by atoms with Crippen molar-refractivity contribution in [3.8, 4) is 6.01 Å². The van der Waals surface area contributed by atoms with Gasteiger partial charge in [-0.15, -0.1) is 0 Å². The molecule has 1 aliphatic rings. The normalized spacial score (nSPS) is 16.5. The van der Waals surface area contributed by atoms with Crippen molar-refractivity contribution in [3.05, 3.63) is 54.5 Å². The van der Waals surface area contributed by atoms with Gasteiger partial charge < -0.3 is 18.6 Å². The molecule has 3 aromatic heterocycles. The molecule has 0 saturated heterocycles. The SMILES string of the molecule is Cn1cnc2c1C[C@H](COc1ncccn1)N(C(=O)c1cocn1)C2. The van der Waals surface area contributed by atoms with E-state index < -0.39 is 0 Å². The minimum Gasteiger partial charge on any atom is -0.461 e. The predicted molar refractivity (Wildman–Crippen MR) is 84.6 cm³/mol. The van der Waals surface area contributed by atoms with Gasteiger partial charge in [-0.25, -0.2) is 19.9 Å². The second-order valence-electron chi connectivity index (χ2n) is 5.76. The molecule has 0 bridgehead atoms. The Morgan fingerprint density at radius 2 is 2.16 bits per heavy atom. The minimum absolute atomic E-state index is 0.184. The average molecular weight is 340 g/mol. The van der Waals surface area contributed by atoms with Crippen molar-refractivity contribution in [2.75, 3.05) is 6.61 Å². The summed E-state index contributed by atoms with van der Waals surface area (Å²) in [7, 11) is 1.94. The smallest absolute Gasteiger partial charge is 0.316 e. The Morgan fingerprint density at radius 3 is 2.92 bits per heavy atom. The lowest BCUT2D eigenvalue weighted by Crippen LogP contribution is -2.48. The number of oxazole rings is 1. The largest absolute Gasteiger partial charge is 0.461 e. The number of rotatable bonds is 4. The quantitative estimate of drug-likeness (QED) is 0.694. The van der Waals surface area contributed by atoms with Crippen molar-refractivity contribution in [2.24, 2.45) is 7.05 Å². The molecule has 0 fully saturated rings. The maximum atomic E-state index is 12.8. The molecule has 0 saturated carbocycles. The van der Waals surface area contributed by atoms with Gasteiger partial charge in [0.05, 0.1) is 24.6 Å². The maximum absolute atomic E-state index is 12.8. The third-order valence-electron chi connectivity index (χ3n) is 4.19. The standard InChI is InChI=1S/C16H16N6O3/c1-21-9-19-12-6-22(15(23)13-8-24-10-20-13)11(5-14(12)21)7-25-16-17-3-2-4-18-16/h2-4,8-11H,5-7H2,1H3/t11-/m1/s1. The molecule has 128 valence electrons. The number of carbonyl (C=O) groups is 1. The average Bonchev–Trinajstić information content (AvgIpc) is 3.30. The molecule has 0 unspecified atom stereocenters. The summed E-state index contributed by atoms with van der Waals surface area (Å²) in [5.41, 5.74) is 2.23. The molecule has 0 radical (unpaired) electrons. The first-order chi connectivity index (χ1) is 12.2. The van der Waals surface area contributed by atoms with Crippen LogP contribution in [-0.2, 0) is 20.0 Å². The molecule has 1 atom stereocenters. The number of carbonyl (C=O) groups excluding carboxylic acids is 1. The number of nitrogens with zero attached hydrogens (tertiary/aromatic N) is 6. The van der Waals surface area contributed by atoms with Crippen LogP contribution in [0.4, 0.5) is 0 Å². The Kier molecular flexibility index (Phi) is 3.88. The van der Waals surface area contributed by atoms with Crippen LogP contribution in [0.2, 0.25) is 0 Å². The first-order valence-electron chi connectivity index (χ1n) is 7.80. The van der Waals surface area contributed by atoms with Crippen LogP contribution in [0, 0.1) is 0 Å². The van der Waals surface area contributed by atoms with Crippen LogP contribution in [0.15, 0.2) is 41.9 Å². The van der Waals surface area contributed by atoms with Gasteiger partial charge in [0, 0.05) is 31.6 Å². The third kappa shape index (κ3) is 2.95. The summed E-state index contributed by atoms with van der Waals surface area (Å²) in [6.45, 7) is 0.670. The Hall–Kier alpha value is -3.23. The zero-order valence-corrected chi connectivity index (χ0v) is 13.6. The molecular formula is C16H16N6O3. The summed E-state index contributed by atoms with van der Waals surface area (Å²) in [5, 5.41) is 0. The number of aromatic nitrogens is 5. The number of aryl methyl sites for hydroxylation is 1. The molecule has 0 spiro atoms. The van der Waals surface area contributed by atoms with Crippen LogP contribution >= 0.6 is 0 Å². The Morgan fingerprint density at radius 1 is 1.32 bits per heavy atom. The maximum Gasteiger partial charge on any atom is 0.316 e. The fraction of sp³-hybridized carbons (Fsp3) is 0.312. The highest BCUT2D eigenvalue weighted by atomic mass is 16.5. The highest BCUT2D eigenvalue weighted by Gasteiger charge is 2.34. The Labute approximate surface area is 143 Å². The molecular weight excluding hydrogens is 324 g/mol. The van der Waals surface area contributed by atoms with Gasteiger partial charge in [0.25, 0.3) is 5.91 Å². The lowest BCUT2D eigenvalue weighted by molar-refractivity contribution is 0.0544. The van der Waals surface area contributed by atoms with Crippen molar-refractivity contribution < 1.29 is 13.9 Å². The fourth-order valence-corrected chi connectivity index (χ4v) is 2.90. The first kappa shape index (κ1) is 15.3. The van der Waals surface area contributed by atoms with E-state index in [2.05, 4.69) is 19.9 Å². The van der Waals surface area contributed by atoms with Gasteiger partial charge in [0.15, 0.2) is 12.1 Å². The van der Waals surface area contributed by atoms with Crippen molar-refractivity contribution in [1.82, 2.24) is 29.4 Å². The molecule has 25 heavy (non-hydrogen) atoms. The van der Waals surface area contributed by atoms with Gasteiger partial charge in [-0.3, -0.25) is 4.79 Å². The number of ether oxygens (including phenoxy) is 1. The summed E-state index contributed by atoms with van der Waals surface area (Å²) in [6.07, 6.45) is 8.19. The number of hydrogen-bond acceptors (Lipinski definition) is 7. The van der Waals surface area contributed by atoms with Crippen molar-refractivity contribution in [1.29, 1.82) is 0 Å². The van der Waals surface area contributed by atoms with Crippen LogP contribution in [0.3, 0.4) is 0 Å². The lowest BCUT2D eigenvalue weighted by Gasteiger charge is -2.34. The zero-order chi connectivity index (χ0) is 17.2. The minimum atomic E-state index is -0.215. The lowest BCUT2D eigenvalue weighted by atomic mass is 10.0. The Bertz CT molecular complexity index is 861. The van der Waals surface area contributed by atoms with Crippen LogP contribution < -0.4 is 4.74 Å².